The van der Waals surface area contributed by atoms with E-state index in [9.17, 15) is 10.2 Å². The Morgan fingerprint density at radius 2 is 2.00 bits per heavy atom. The monoisotopic (exact) mass is 386 g/mol. The molecule has 0 radical (unpaired) electrons. The van der Waals surface area contributed by atoms with E-state index >= 15 is 4.39 Å². The van der Waals surface area contributed by atoms with E-state index in [2.05, 4.69) is 0 Å². The van der Waals surface area contributed by atoms with E-state index in [1.165, 1.54) is 11.3 Å². The molecule has 27 heavy (non-hydrogen) atoms. The summed E-state index contributed by atoms with van der Waals surface area (Å²) in [5, 5.41) is 20.5. The second-order valence-electron chi connectivity index (χ2n) is 7.22. The minimum Gasteiger partial charge on any atom is -0.394 e. The molecule has 0 saturated carbocycles. The highest BCUT2D eigenvalue weighted by molar-refractivity contribution is 7.19. The Labute approximate surface area is 162 Å². The molecule has 5 heteroatoms. The van der Waals surface area contributed by atoms with Crippen LogP contribution < -0.4 is 0 Å². The smallest absolute Gasteiger partial charge is 0.160 e. The predicted octanol–water partition coefficient (Wildman–Crippen LogP) is 4.84. The highest BCUT2D eigenvalue weighted by Gasteiger charge is 2.30. The molecule has 0 bridgehead atoms. The maximum Gasteiger partial charge on any atom is 0.160 e. The third-order valence-electron chi connectivity index (χ3n) is 5.22. The molecule has 2 heterocycles. The van der Waals surface area contributed by atoms with Gasteiger partial charge in [0, 0.05) is 22.4 Å². The minimum absolute atomic E-state index is 0.125. The second-order valence-corrected chi connectivity index (χ2v) is 8.34. The molecule has 1 aliphatic rings. The van der Waals surface area contributed by atoms with Crippen LogP contribution in [0, 0.1) is 6.92 Å². The molecule has 142 valence electrons. The number of rotatable bonds is 4. The zero-order valence-corrected chi connectivity index (χ0v) is 16.0. The summed E-state index contributed by atoms with van der Waals surface area (Å²) in [6.45, 7) is 1.78. The lowest BCUT2D eigenvalue weighted by molar-refractivity contribution is -0.113. The third kappa shape index (κ3) is 3.78. The van der Waals surface area contributed by atoms with Gasteiger partial charge in [0.1, 0.15) is 0 Å². The van der Waals surface area contributed by atoms with Crippen LogP contribution in [-0.2, 0) is 4.74 Å². The maximum atomic E-state index is 15.4. The molecule has 4 atom stereocenters. The number of alkyl halides is 1. The van der Waals surface area contributed by atoms with E-state index in [1.807, 2.05) is 55.5 Å². The van der Waals surface area contributed by atoms with Crippen LogP contribution in [0.15, 0.2) is 48.5 Å². The molecule has 1 aliphatic heterocycles. The molecule has 2 N–H and O–H groups in total. The van der Waals surface area contributed by atoms with Crippen molar-refractivity contribution in [2.75, 3.05) is 6.61 Å². The normalized spacial score (nSPS) is 24.2. The van der Waals surface area contributed by atoms with Gasteiger partial charge in [0.15, 0.2) is 6.17 Å². The quantitative estimate of drug-likeness (QED) is 0.674. The average Bonchev–Trinajstić information content (AvgIpc) is 3.11. The Balaban J connectivity index is 1.65. The molecule has 2 aromatic carbocycles. The van der Waals surface area contributed by atoms with E-state index in [1.54, 1.807) is 0 Å². The summed E-state index contributed by atoms with van der Waals surface area (Å²) in [5.74, 6) is 0. The van der Waals surface area contributed by atoms with Crippen LogP contribution in [0.2, 0.25) is 0 Å². The number of aliphatic hydroxyl groups is 2. The fourth-order valence-electron chi connectivity index (χ4n) is 3.74. The highest BCUT2D eigenvalue weighted by Crippen LogP contribution is 2.39. The molecule has 0 aliphatic carbocycles. The van der Waals surface area contributed by atoms with Crippen LogP contribution in [-0.4, -0.2) is 29.0 Å². The summed E-state index contributed by atoms with van der Waals surface area (Å²) in [6, 6.07) is 15.5. The summed E-state index contributed by atoms with van der Waals surface area (Å²) >= 11 is 1.48. The molecule has 0 spiro atoms. The van der Waals surface area contributed by atoms with Crippen molar-refractivity contribution in [2.45, 2.75) is 44.2 Å². The first-order chi connectivity index (χ1) is 13.0. The van der Waals surface area contributed by atoms with Gasteiger partial charge >= 0.3 is 0 Å². The first-order valence-electron chi connectivity index (χ1n) is 9.22. The van der Waals surface area contributed by atoms with Gasteiger partial charge in [-0.05, 0) is 47.2 Å². The molecule has 3 nitrogen and oxygen atoms in total. The average molecular weight is 386 g/mol. The van der Waals surface area contributed by atoms with Crippen LogP contribution >= 0.6 is 11.3 Å². The number of aryl methyl sites for hydroxylation is 1. The third-order valence-corrected chi connectivity index (χ3v) is 6.38. The molecule has 4 rings (SSSR count). The minimum atomic E-state index is -1.20. The van der Waals surface area contributed by atoms with Crippen molar-refractivity contribution in [1.82, 2.24) is 0 Å². The molecule has 1 saturated heterocycles. The molecule has 3 unspecified atom stereocenters. The number of halogens is 1. The lowest BCUT2D eigenvalue weighted by atomic mass is 9.92. The van der Waals surface area contributed by atoms with Gasteiger partial charge in [-0.2, -0.15) is 0 Å². The van der Waals surface area contributed by atoms with E-state index in [-0.39, 0.29) is 18.8 Å². The van der Waals surface area contributed by atoms with Crippen molar-refractivity contribution >= 4 is 21.4 Å². The SMILES string of the molecule is Cc1ccc([C@H]2CC(O)CC(CO)O2)cc1C(F)c1cc2ccccc2s1. The first kappa shape index (κ1) is 18.6. The number of hydrogen-bond acceptors (Lipinski definition) is 4. The first-order valence-corrected chi connectivity index (χ1v) is 10.0. The molecule has 1 fully saturated rings. The van der Waals surface area contributed by atoms with Crippen molar-refractivity contribution in [2.24, 2.45) is 0 Å². The topological polar surface area (TPSA) is 49.7 Å². The highest BCUT2D eigenvalue weighted by atomic mass is 32.1. The van der Waals surface area contributed by atoms with Gasteiger partial charge in [-0.15, -0.1) is 11.3 Å². The van der Waals surface area contributed by atoms with Crippen molar-refractivity contribution in [3.63, 3.8) is 0 Å². The van der Waals surface area contributed by atoms with Gasteiger partial charge in [0.05, 0.1) is 24.9 Å². The van der Waals surface area contributed by atoms with E-state index in [0.29, 0.717) is 23.3 Å². The van der Waals surface area contributed by atoms with Gasteiger partial charge < -0.3 is 14.9 Å². The van der Waals surface area contributed by atoms with Crippen molar-refractivity contribution in [3.8, 4) is 0 Å². The van der Waals surface area contributed by atoms with Crippen molar-refractivity contribution < 1.29 is 19.3 Å². The standard InChI is InChI=1S/C22H23FO3S/c1-13-6-7-14(19-11-16(25)10-17(12-24)26-19)8-18(13)22(23)21-9-15-4-2-3-5-20(15)27-21/h2-9,16-17,19,22,24-25H,10-12H2,1H3/t16?,17?,19-,22?/m1/s1. The Kier molecular flexibility index (Phi) is 5.28. The summed E-state index contributed by atoms with van der Waals surface area (Å²) < 4.78 is 22.4. The van der Waals surface area contributed by atoms with Gasteiger partial charge in [0.2, 0.25) is 0 Å². The Hall–Kier alpha value is -1.79. The van der Waals surface area contributed by atoms with Crippen LogP contribution in [0.25, 0.3) is 10.1 Å². The molecule has 1 aromatic heterocycles. The van der Waals surface area contributed by atoms with Gasteiger partial charge in [-0.1, -0.05) is 30.3 Å². The molecular formula is C22H23FO3S. The number of aliphatic hydroxyl groups excluding tert-OH is 2. The maximum absolute atomic E-state index is 15.4. The van der Waals surface area contributed by atoms with Gasteiger partial charge in [0.25, 0.3) is 0 Å². The Bertz CT molecular complexity index is 905. The van der Waals surface area contributed by atoms with Gasteiger partial charge in [-0.25, -0.2) is 4.39 Å². The van der Waals surface area contributed by atoms with E-state index < -0.39 is 12.3 Å². The number of fused-ring (bicyclic) bond motifs is 1. The van der Waals surface area contributed by atoms with Crippen LogP contribution in [0.5, 0.6) is 0 Å². The van der Waals surface area contributed by atoms with Crippen molar-refractivity contribution in [3.05, 3.63) is 70.1 Å². The summed E-state index contributed by atoms with van der Waals surface area (Å²) in [5.41, 5.74) is 2.36. The molecule has 3 aromatic rings. The molecular weight excluding hydrogens is 363 g/mol. The number of benzene rings is 2. The predicted molar refractivity (Wildman–Crippen MR) is 106 cm³/mol. The lowest BCUT2D eigenvalue weighted by Gasteiger charge is -2.33. The van der Waals surface area contributed by atoms with Crippen LogP contribution in [0.3, 0.4) is 0 Å². The fourth-order valence-corrected chi connectivity index (χ4v) is 4.80. The fraction of sp³-hybridized carbons (Fsp3) is 0.364. The molecule has 0 amide bonds. The van der Waals surface area contributed by atoms with E-state index in [4.69, 9.17) is 4.74 Å². The number of hydrogen-bond donors (Lipinski definition) is 2. The van der Waals surface area contributed by atoms with Gasteiger partial charge in [-0.3, -0.25) is 0 Å². The lowest BCUT2D eigenvalue weighted by Crippen LogP contribution is -2.33. The Morgan fingerprint density at radius 1 is 1.19 bits per heavy atom. The van der Waals surface area contributed by atoms with Crippen molar-refractivity contribution in [1.29, 1.82) is 0 Å². The number of thiophene rings is 1. The Morgan fingerprint density at radius 3 is 2.78 bits per heavy atom. The van der Waals surface area contributed by atoms with E-state index in [0.717, 1.165) is 21.2 Å². The summed E-state index contributed by atoms with van der Waals surface area (Å²) in [4.78, 5) is 0.689. The second kappa shape index (κ2) is 7.68. The summed E-state index contributed by atoms with van der Waals surface area (Å²) in [6.07, 6.45) is -1.55. The van der Waals surface area contributed by atoms with Crippen LogP contribution in [0.4, 0.5) is 4.39 Å². The zero-order valence-electron chi connectivity index (χ0n) is 15.1. The summed E-state index contributed by atoms with van der Waals surface area (Å²) in [7, 11) is 0. The largest absolute Gasteiger partial charge is 0.394 e. The number of ether oxygens (including phenoxy) is 1. The zero-order chi connectivity index (χ0) is 19.0. The van der Waals surface area contributed by atoms with Crippen LogP contribution in [0.1, 0.15) is 46.7 Å².